The van der Waals surface area contributed by atoms with E-state index >= 15 is 0 Å². The van der Waals surface area contributed by atoms with Gasteiger partial charge in [0, 0.05) is 23.2 Å². The highest BCUT2D eigenvalue weighted by atomic mass is 19.1. The van der Waals surface area contributed by atoms with Gasteiger partial charge in [-0.1, -0.05) is 31.4 Å². The van der Waals surface area contributed by atoms with E-state index in [0.29, 0.717) is 17.2 Å². The van der Waals surface area contributed by atoms with Crippen molar-refractivity contribution in [1.29, 1.82) is 0 Å². The summed E-state index contributed by atoms with van der Waals surface area (Å²) in [5, 5.41) is 3.87. The van der Waals surface area contributed by atoms with Crippen molar-refractivity contribution in [3.8, 4) is 11.5 Å². The summed E-state index contributed by atoms with van der Waals surface area (Å²) < 4.78 is 20.2. The second kappa shape index (κ2) is 8.60. The first-order chi connectivity index (χ1) is 14.1. The zero-order chi connectivity index (χ0) is 20.2. The van der Waals surface area contributed by atoms with E-state index in [0.717, 1.165) is 23.7 Å². The second-order valence-corrected chi connectivity index (χ2v) is 7.73. The summed E-state index contributed by atoms with van der Waals surface area (Å²) in [6, 6.07) is 13.5. The van der Waals surface area contributed by atoms with E-state index in [4.69, 9.17) is 4.74 Å². The van der Waals surface area contributed by atoms with Crippen LogP contribution in [0.25, 0.3) is 10.9 Å². The molecule has 1 aromatic heterocycles. The number of hydrogen-bond donors (Lipinski definition) is 1. The Morgan fingerprint density at radius 2 is 1.90 bits per heavy atom. The van der Waals surface area contributed by atoms with Gasteiger partial charge in [0.2, 0.25) is 0 Å². The fourth-order valence-corrected chi connectivity index (χ4v) is 4.04. The molecule has 29 heavy (non-hydrogen) atoms. The van der Waals surface area contributed by atoms with Crippen molar-refractivity contribution in [3.63, 3.8) is 0 Å². The van der Waals surface area contributed by atoms with Crippen molar-refractivity contribution in [1.82, 2.24) is 10.3 Å². The number of nitrogens with one attached hydrogen (secondary N) is 1. The van der Waals surface area contributed by atoms with Crippen molar-refractivity contribution in [3.05, 3.63) is 66.1 Å². The molecule has 2 aromatic carbocycles. The Hall–Kier alpha value is -2.95. The minimum absolute atomic E-state index is 0.0272. The summed E-state index contributed by atoms with van der Waals surface area (Å²) in [4.78, 5) is 17.0. The van der Waals surface area contributed by atoms with Crippen LogP contribution in [0.2, 0.25) is 0 Å². The quantitative estimate of drug-likeness (QED) is 0.591. The number of halogens is 1. The molecule has 150 valence electrons. The molecule has 1 amide bonds. The molecule has 0 aliphatic heterocycles. The van der Waals surface area contributed by atoms with Gasteiger partial charge in [0.25, 0.3) is 5.91 Å². The Balaban J connectivity index is 1.53. The fourth-order valence-electron chi connectivity index (χ4n) is 4.04. The third-order valence-corrected chi connectivity index (χ3v) is 5.74. The van der Waals surface area contributed by atoms with Crippen LogP contribution in [0, 0.1) is 11.7 Å². The van der Waals surface area contributed by atoms with Crippen LogP contribution in [-0.4, -0.2) is 16.9 Å². The van der Waals surface area contributed by atoms with Gasteiger partial charge < -0.3 is 10.1 Å². The van der Waals surface area contributed by atoms with E-state index in [9.17, 15) is 9.18 Å². The van der Waals surface area contributed by atoms with Gasteiger partial charge in [-0.05, 0) is 62.1 Å². The number of pyridine rings is 1. The Kier molecular flexibility index (Phi) is 5.74. The van der Waals surface area contributed by atoms with Gasteiger partial charge in [-0.15, -0.1) is 0 Å². The summed E-state index contributed by atoms with van der Waals surface area (Å²) in [6.07, 6.45) is 7.64. The average Bonchev–Trinajstić information content (AvgIpc) is 2.76. The van der Waals surface area contributed by atoms with Crippen molar-refractivity contribution < 1.29 is 13.9 Å². The highest BCUT2D eigenvalue weighted by Crippen LogP contribution is 2.31. The predicted molar refractivity (Wildman–Crippen MR) is 112 cm³/mol. The molecule has 1 N–H and O–H groups in total. The number of carbonyl (C=O) groups is 1. The first-order valence-electron chi connectivity index (χ1n) is 10.2. The van der Waals surface area contributed by atoms with Crippen LogP contribution in [0.1, 0.15) is 49.4 Å². The Morgan fingerprint density at radius 1 is 1.10 bits per heavy atom. The Morgan fingerprint density at radius 3 is 2.72 bits per heavy atom. The fraction of sp³-hybridized carbons (Fsp3) is 0.333. The Bertz CT molecular complexity index is 1010. The molecule has 1 aliphatic rings. The summed E-state index contributed by atoms with van der Waals surface area (Å²) >= 11 is 0. The molecule has 3 aromatic rings. The maximum absolute atomic E-state index is 14.4. The standard InChI is InChI=1S/C24H25FN2O2/c1-16(17-7-3-2-4-8-17)27-24(28)18-11-12-20(25)23(15-18)29-22-13-14-26-21-10-6-5-9-19(21)22/h5-6,9-17H,2-4,7-8H2,1H3,(H,27,28)/t16-/m1/s1. The molecule has 1 atom stereocenters. The van der Waals surface area contributed by atoms with E-state index in [1.54, 1.807) is 12.3 Å². The maximum Gasteiger partial charge on any atom is 0.251 e. The number of benzene rings is 2. The smallest absolute Gasteiger partial charge is 0.251 e. The molecule has 5 heteroatoms. The third-order valence-electron chi connectivity index (χ3n) is 5.74. The number of aromatic nitrogens is 1. The first-order valence-corrected chi connectivity index (χ1v) is 10.2. The molecule has 1 aliphatic carbocycles. The topological polar surface area (TPSA) is 51.2 Å². The molecule has 0 unspecified atom stereocenters. The lowest BCUT2D eigenvalue weighted by Gasteiger charge is -2.28. The Labute approximate surface area is 170 Å². The monoisotopic (exact) mass is 392 g/mol. The van der Waals surface area contributed by atoms with Gasteiger partial charge in [-0.25, -0.2) is 4.39 Å². The molecular formula is C24H25FN2O2. The maximum atomic E-state index is 14.4. The molecule has 4 nitrogen and oxygen atoms in total. The van der Waals surface area contributed by atoms with Crippen LogP contribution < -0.4 is 10.1 Å². The van der Waals surface area contributed by atoms with Gasteiger partial charge in [0.15, 0.2) is 11.6 Å². The minimum atomic E-state index is -0.511. The lowest BCUT2D eigenvalue weighted by atomic mass is 9.84. The van der Waals surface area contributed by atoms with Crippen molar-refractivity contribution >= 4 is 16.8 Å². The predicted octanol–water partition coefficient (Wildman–Crippen LogP) is 5.86. The van der Waals surface area contributed by atoms with Crippen molar-refractivity contribution in [2.24, 2.45) is 5.92 Å². The first kappa shape index (κ1) is 19.4. The van der Waals surface area contributed by atoms with Crippen LogP contribution in [0.5, 0.6) is 11.5 Å². The molecular weight excluding hydrogens is 367 g/mol. The lowest BCUT2D eigenvalue weighted by Crippen LogP contribution is -2.38. The third kappa shape index (κ3) is 4.39. The summed E-state index contributed by atoms with van der Waals surface area (Å²) in [5.74, 6) is 0.323. The van der Waals surface area contributed by atoms with Crippen molar-refractivity contribution in [2.75, 3.05) is 0 Å². The highest BCUT2D eigenvalue weighted by Gasteiger charge is 2.22. The van der Waals surface area contributed by atoms with Gasteiger partial charge in [0.1, 0.15) is 5.75 Å². The van der Waals surface area contributed by atoms with E-state index in [-0.39, 0.29) is 17.7 Å². The molecule has 0 saturated heterocycles. The van der Waals surface area contributed by atoms with Crippen LogP contribution >= 0.6 is 0 Å². The van der Waals surface area contributed by atoms with E-state index in [1.807, 2.05) is 24.3 Å². The highest BCUT2D eigenvalue weighted by molar-refractivity contribution is 5.95. The summed E-state index contributed by atoms with van der Waals surface area (Å²) in [6.45, 7) is 2.05. The van der Waals surface area contributed by atoms with E-state index in [2.05, 4.69) is 17.2 Å². The van der Waals surface area contributed by atoms with E-state index < -0.39 is 5.82 Å². The largest absolute Gasteiger partial charge is 0.453 e. The van der Waals surface area contributed by atoms with E-state index in [1.165, 1.54) is 37.5 Å². The van der Waals surface area contributed by atoms with Crippen LogP contribution in [0.4, 0.5) is 4.39 Å². The number of para-hydroxylation sites is 1. The molecule has 1 fully saturated rings. The van der Waals surface area contributed by atoms with Gasteiger partial charge in [-0.2, -0.15) is 0 Å². The number of rotatable bonds is 5. The minimum Gasteiger partial charge on any atom is -0.453 e. The molecule has 0 spiro atoms. The number of hydrogen-bond acceptors (Lipinski definition) is 3. The normalized spacial score (nSPS) is 15.8. The van der Waals surface area contributed by atoms with Crippen LogP contribution in [0.3, 0.4) is 0 Å². The molecule has 0 bridgehead atoms. The van der Waals surface area contributed by atoms with Gasteiger partial charge in [0.05, 0.1) is 5.52 Å². The molecule has 1 saturated carbocycles. The molecule has 0 radical (unpaired) electrons. The average molecular weight is 392 g/mol. The van der Waals surface area contributed by atoms with Crippen LogP contribution in [-0.2, 0) is 0 Å². The summed E-state index contributed by atoms with van der Waals surface area (Å²) in [7, 11) is 0. The second-order valence-electron chi connectivity index (χ2n) is 7.73. The van der Waals surface area contributed by atoms with Gasteiger partial charge >= 0.3 is 0 Å². The summed E-state index contributed by atoms with van der Waals surface area (Å²) in [5.41, 5.74) is 1.16. The zero-order valence-corrected chi connectivity index (χ0v) is 16.5. The lowest BCUT2D eigenvalue weighted by molar-refractivity contribution is 0.0919. The number of nitrogens with zero attached hydrogens (tertiary/aromatic N) is 1. The van der Waals surface area contributed by atoms with Gasteiger partial charge in [-0.3, -0.25) is 9.78 Å². The number of ether oxygens (including phenoxy) is 1. The number of carbonyl (C=O) groups excluding carboxylic acids is 1. The molecule has 4 rings (SSSR count). The number of fused-ring (bicyclic) bond motifs is 1. The molecule has 1 heterocycles. The zero-order valence-electron chi connectivity index (χ0n) is 16.5. The number of amides is 1. The SMILES string of the molecule is C[C@@H](NC(=O)c1ccc(F)c(Oc2ccnc3ccccc23)c1)C1CCCCC1. The van der Waals surface area contributed by atoms with Crippen molar-refractivity contribution in [2.45, 2.75) is 45.1 Å². The van der Waals surface area contributed by atoms with Crippen LogP contribution in [0.15, 0.2) is 54.7 Å².